The Hall–Kier alpha value is -1.54. The summed E-state index contributed by atoms with van der Waals surface area (Å²) in [6.45, 7) is 7.99. The zero-order valence-corrected chi connectivity index (χ0v) is 13.2. The van der Waals surface area contributed by atoms with Crippen molar-refractivity contribution in [3.63, 3.8) is 0 Å². The molecule has 1 N–H and O–H groups in total. The van der Waals surface area contributed by atoms with E-state index in [2.05, 4.69) is 16.8 Å². The fourth-order valence-electron chi connectivity index (χ4n) is 1.67. The van der Waals surface area contributed by atoms with Crippen LogP contribution in [0.5, 0.6) is 5.06 Å². The van der Waals surface area contributed by atoms with Gasteiger partial charge in [-0.2, -0.15) is 0 Å². The standard InChI is InChI=1S/C12H16N4O2S2/c1-7(2)5-16-10(18)8(3)19-12(16)14-13-11-15(4)6-9(17)20-11/h6,8,17H,1,5H2,2-4H3. The molecule has 108 valence electrons. The van der Waals surface area contributed by atoms with E-state index in [1.807, 2.05) is 13.8 Å². The molecule has 6 nitrogen and oxygen atoms in total. The fraction of sp³-hybridized carbons (Fsp3) is 0.417. The number of carbonyl (C=O) groups excluding carboxylic acids is 1. The van der Waals surface area contributed by atoms with E-state index >= 15 is 0 Å². The molecular weight excluding hydrogens is 296 g/mol. The normalized spacial score (nSPS) is 22.1. The number of amides is 1. The van der Waals surface area contributed by atoms with E-state index < -0.39 is 0 Å². The number of hydrogen-bond acceptors (Lipinski definition) is 6. The smallest absolute Gasteiger partial charge is 0.242 e. The van der Waals surface area contributed by atoms with Gasteiger partial charge in [0, 0.05) is 13.6 Å². The number of amidine groups is 1. The molecule has 1 unspecified atom stereocenters. The molecule has 1 atom stereocenters. The molecule has 0 radical (unpaired) electrons. The lowest BCUT2D eigenvalue weighted by molar-refractivity contribution is -0.125. The molecule has 8 heteroatoms. The molecule has 2 heterocycles. The van der Waals surface area contributed by atoms with Crippen LogP contribution in [0, 0.1) is 0 Å². The SMILES string of the molecule is C=C(C)CN1C(=O)C(C)SC1=NN=c1sc(O)cn1C. The Morgan fingerprint density at radius 3 is 2.80 bits per heavy atom. The first-order valence-electron chi connectivity index (χ1n) is 5.98. The molecule has 0 aromatic carbocycles. The van der Waals surface area contributed by atoms with Crippen LogP contribution >= 0.6 is 23.1 Å². The Kier molecular flexibility index (Phi) is 4.34. The van der Waals surface area contributed by atoms with Crippen LogP contribution < -0.4 is 4.80 Å². The number of aryl methyl sites for hydroxylation is 1. The first kappa shape index (κ1) is 14.9. The maximum atomic E-state index is 12.0. The number of aromatic nitrogens is 1. The molecule has 1 amide bonds. The summed E-state index contributed by atoms with van der Waals surface area (Å²) >= 11 is 2.51. The van der Waals surface area contributed by atoms with Crippen LogP contribution in [-0.2, 0) is 11.8 Å². The summed E-state index contributed by atoms with van der Waals surface area (Å²) in [5.74, 6) is 0.0188. The van der Waals surface area contributed by atoms with Gasteiger partial charge in [-0.25, -0.2) is 0 Å². The summed E-state index contributed by atoms with van der Waals surface area (Å²) in [6, 6.07) is 0. The summed E-state index contributed by atoms with van der Waals surface area (Å²) in [6.07, 6.45) is 1.56. The zero-order valence-electron chi connectivity index (χ0n) is 11.5. The van der Waals surface area contributed by atoms with Crippen molar-refractivity contribution < 1.29 is 9.90 Å². The van der Waals surface area contributed by atoms with E-state index in [1.54, 1.807) is 22.7 Å². The number of carbonyl (C=O) groups is 1. The van der Waals surface area contributed by atoms with Gasteiger partial charge in [-0.05, 0) is 13.8 Å². The number of thioether (sulfide) groups is 1. The maximum absolute atomic E-state index is 12.0. The van der Waals surface area contributed by atoms with Gasteiger partial charge in [-0.15, -0.1) is 10.2 Å². The van der Waals surface area contributed by atoms with E-state index in [0.29, 0.717) is 16.5 Å². The highest BCUT2D eigenvalue weighted by molar-refractivity contribution is 8.15. The third-order valence-electron chi connectivity index (χ3n) is 2.58. The lowest BCUT2D eigenvalue weighted by atomic mass is 10.3. The van der Waals surface area contributed by atoms with E-state index in [0.717, 1.165) is 16.9 Å². The molecule has 0 spiro atoms. The number of aromatic hydroxyl groups is 1. The molecule has 1 aliphatic heterocycles. The summed E-state index contributed by atoms with van der Waals surface area (Å²) in [7, 11) is 1.77. The van der Waals surface area contributed by atoms with Gasteiger partial charge in [0.15, 0.2) is 10.2 Å². The van der Waals surface area contributed by atoms with Crippen molar-refractivity contribution in [3.8, 4) is 5.06 Å². The van der Waals surface area contributed by atoms with Gasteiger partial charge in [0.2, 0.25) is 10.7 Å². The lowest BCUT2D eigenvalue weighted by Gasteiger charge is -2.14. The average molecular weight is 312 g/mol. The van der Waals surface area contributed by atoms with Crippen LogP contribution in [0.2, 0.25) is 0 Å². The monoisotopic (exact) mass is 312 g/mol. The largest absolute Gasteiger partial charge is 0.498 e. The molecule has 1 fully saturated rings. The summed E-state index contributed by atoms with van der Waals surface area (Å²) in [5, 5.41) is 18.2. The third kappa shape index (κ3) is 3.13. The number of rotatable bonds is 3. The van der Waals surface area contributed by atoms with Gasteiger partial charge < -0.3 is 9.67 Å². The predicted octanol–water partition coefficient (Wildman–Crippen LogP) is 1.50. The highest BCUT2D eigenvalue weighted by Gasteiger charge is 2.34. The van der Waals surface area contributed by atoms with Crippen LogP contribution in [0.4, 0.5) is 0 Å². The highest BCUT2D eigenvalue weighted by Crippen LogP contribution is 2.27. The van der Waals surface area contributed by atoms with E-state index in [1.165, 1.54) is 11.8 Å². The second-order valence-corrected chi connectivity index (χ2v) is 6.88. The Balaban J connectivity index is 2.32. The van der Waals surface area contributed by atoms with Gasteiger partial charge in [0.25, 0.3) is 0 Å². The van der Waals surface area contributed by atoms with Gasteiger partial charge in [-0.3, -0.25) is 9.69 Å². The number of hydrogen-bond donors (Lipinski definition) is 1. The van der Waals surface area contributed by atoms with Crippen LogP contribution in [0.1, 0.15) is 13.8 Å². The second kappa shape index (κ2) is 5.84. The first-order valence-corrected chi connectivity index (χ1v) is 7.67. The molecule has 2 rings (SSSR count). The molecule has 20 heavy (non-hydrogen) atoms. The Morgan fingerprint density at radius 1 is 1.55 bits per heavy atom. The van der Waals surface area contributed by atoms with E-state index in [4.69, 9.17) is 0 Å². The van der Waals surface area contributed by atoms with Crippen LogP contribution in [-0.4, -0.2) is 37.4 Å². The molecule has 1 saturated heterocycles. The molecular formula is C12H16N4O2S2. The van der Waals surface area contributed by atoms with Crippen LogP contribution in [0.3, 0.4) is 0 Å². The van der Waals surface area contributed by atoms with Crippen LogP contribution in [0.25, 0.3) is 0 Å². The zero-order chi connectivity index (χ0) is 14.9. The summed E-state index contributed by atoms with van der Waals surface area (Å²) in [5.41, 5.74) is 0.889. The molecule has 0 aliphatic carbocycles. The van der Waals surface area contributed by atoms with Crippen molar-refractivity contribution in [2.45, 2.75) is 19.1 Å². The van der Waals surface area contributed by atoms with Gasteiger partial charge >= 0.3 is 0 Å². The number of nitrogens with zero attached hydrogens (tertiary/aromatic N) is 4. The average Bonchev–Trinajstić information content (AvgIpc) is 2.80. The summed E-state index contributed by atoms with van der Waals surface area (Å²) in [4.78, 5) is 14.2. The summed E-state index contributed by atoms with van der Waals surface area (Å²) < 4.78 is 1.68. The van der Waals surface area contributed by atoms with Crippen molar-refractivity contribution in [2.24, 2.45) is 17.3 Å². The molecule has 1 aliphatic rings. The lowest BCUT2D eigenvalue weighted by Crippen LogP contribution is -2.32. The highest BCUT2D eigenvalue weighted by atomic mass is 32.2. The molecule has 0 saturated carbocycles. The first-order chi connectivity index (χ1) is 9.38. The minimum atomic E-state index is -0.159. The minimum absolute atomic E-state index is 0.0188. The van der Waals surface area contributed by atoms with Crippen molar-refractivity contribution in [1.82, 2.24) is 9.47 Å². The Morgan fingerprint density at radius 2 is 2.25 bits per heavy atom. The van der Waals surface area contributed by atoms with Gasteiger partial charge in [-0.1, -0.05) is 35.3 Å². The Bertz CT molecular complexity index is 644. The predicted molar refractivity (Wildman–Crippen MR) is 81.5 cm³/mol. The molecule has 1 aromatic rings. The quantitative estimate of drug-likeness (QED) is 0.679. The minimum Gasteiger partial charge on any atom is -0.498 e. The number of thiazole rings is 1. The third-order valence-corrected chi connectivity index (χ3v) is 4.51. The topological polar surface area (TPSA) is 70.2 Å². The molecule has 1 aromatic heterocycles. The van der Waals surface area contributed by atoms with Gasteiger partial charge in [0.05, 0.1) is 11.4 Å². The van der Waals surface area contributed by atoms with Crippen molar-refractivity contribution >= 4 is 34.2 Å². The molecule has 0 bridgehead atoms. The van der Waals surface area contributed by atoms with Crippen molar-refractivity contribution in [2.75, 3.05) is 6.54 Å². The van der Waals surface area contributed by atoms with Crippen molar-refractivity contribution in [1.29, 1.82) is 0 Å². The van der Waals surface area contributed by atoms with E-state index in [9.17, 15) is 9.90 Å². The van der Waals surface area contributed by atoms with Crippen molar-refractivity contribution in [3.05, 3.63) is 23.2 Å². The second-order valence-electron chi connectivity index (χ2n) is 4.59. The maximum Gasteiger partial charge on any atom is 0.242 e. The van der Waals surface area contributed by atoms with E-state index in [-0.39, 0.29) is 16.2 Å². The Labute approximate surface area is 125 Å². The van der Waals surface area contributed by atoms with Crippen LogP contribution in [0.15, 0.2) is 28.6 Å². The fourth-order valence-corrected chi connectivity index (χ4v) is 3.26. The van der Waals surface area contributed by atoms with Gasteiger partial charge in [0.1, 0.15) is 0 Å².